The second-order valence-corrected chi connectivity index (χ2v) is 8.11. The van der Waals surface area contributed by atoms with Gasteiger partial charge in [0.15, 0.2) is 6.29 Å². The fourth-order valence-electron chi connectivity index (χ4n) is 7.85. The molecular weight excluding hydrogens is 270 g/mol. The maximum atomic E-state index is 12.7. The Morgan fingerprint density at radius 1 is 1.19 bits per heavy atom. The SMILES string of the molecule is CN1CC[C@@]23[C@H]4C(=O)CC[C@@]12CC[C@]31[C@H](O)C(O)O[C@]41C. The van der Waals surface area contributed by atoms with E-state index in [9.17, 15) is 15.0 Å². The number of hydrogen-bond acceptors (Lipinski definition) is 5. The third-order valence-corrected chi connectivity index (χ3v) is 8.31. The fraction of sp³-hybridized carbons (Fsp3) is 0.938. The van der Waals surface area contributed by atoms with E-state index in [1.807, 2.05) is 6.92 Å². The number of carbonyl (C=O) groups excluding carboxylic acids is 1. The lowest BCUT2D eigenvalue weighted by molar-refractivity contribution is -0.301. The van der Waals surface area contributed by atoms with Crippen LogP contribution in [0.5, 0.6) is 0 Å². The molecule has 0 bridgehead atoms. The van der Waals surface area contributed by atoms with Gasteiger partial charge in [0.25, 0.3) is 0 Å². The van der Waals surface area contributed by atoms with Crippen LogP contribution in [0.4, 0.5) is 0 Å². The Morgan fingerprint density at radius 3 is 2.71 bits per heavy atom. The van der Waals surface area contributed by atoms with Crippen LogP contribution in [0.3, 0.4) is 0 Å². The number of carbonyl (C=O) groups is 1. The number of likely N-dealkylation sites (tertiary alicyclic amines) is 1. The maximum absolute atomic E-state index is 12.7. The molecule has 5 nitrogen and oxygen atoms in total. The smallest absolute Gasteiger partial charge is 0.182 e. The molecule has 1 unspecified atom stereocenters. The molecule has 5 aliphatic rings. The van der Waals surface area contributed by atoms with Gasteiger partial charge in [-0.15, -0.1) is 0 Å². The van der Waals surface area contributed by atoms with Crippen LogP contribution >= 0.6 is 0 Å². The summed E-state index contributed by atoms with van der Waals surface area (Å²) in [6, 6.07) is 0. The van der Waals surface area contributed by atoms with Crippen LogP contribution in [-0.2, 0) is 9.53 Å². The number of ketones is 1. The summed E-state index contributed by atoms with van der Waals surface area (Å²) in [6.45, 7) is 2.93. The number of nitrogens with zero attached hydrogens (tertiary/aromatic N) is 1. The summed E-state index contributed by atoms with van der Waals surface area (Å²) in [5, 5.41) is 21.0. The second kappa shape index (κ2) is 3.23. The summed E-state index contributed by atoms with van der Waals surface area (Å²) in [4.78, 5) is 15.1. The summed E-state index contributed by atoms with van der Waals surface area (Å²) in [6.07, 6.45) is 2.31. The quantitative estimate of drug-likeness (QED) is 0.672. The van der Waals surface area contributed by atoms with Gasteiger partial charge in [-0.2, -0.15) is 0 Å². The van der Waals surface area contributed by atoms with Crippen molar-refractivity contribution in [1.29, 1.82) is 0 Å². The minimum atomic E-state index is -1.15. The van der Waals surface area contributed by atoms with Gasteiger partial charge in [0, 0.05) is 22.8 Å². The van der Waals surface area contributed by atoms with Crippen LogP contribution in [-0.4, -0.2) is 58.0 Å². The van der Waals surface area contributed by atoms with Crippen molar-refractivity contribution < 1.29 is 19.7 Å². The Bertz CT molecular complexity index is 566. The molecule has 21 heavy (non-hydrogen) atoms. The lowest BCUT2D eigenvalue weighted by Crippen LogP contribution is -2.82. The lowest BCUT2D eigenvalue weighted by Gasteiger charge is -2.73. The summed E-state index contributed by atoms with van der Waals surface area (Å²) >= 11 is 0. The van der Waals surface area contributed by atoms with Gasteiger partial charge in [-0.3, -0.25) is 4.79 Å². The average molecular weight is 293 g/mol. The monoisotopic (exact) mass is 293 g/mol. The zero-order chi connectivity index (χ0) is 14.8. The second-order valence-electron chi connectivity index (χ2n) is 8.11. The van der Waals surface area contributed by atoms with Crippen LogP contribution < -0.4 is 0 Å². The van der Waals surface area contributed by atoms with E-state index in [1.165, 1.54) is 0 Å². The van der Waals surface area contributed by atoms with Gasteiger partial charge in [-0.05, 0) is 46.2 Å². The molecule has 3 aliphatic carbocycles. The summed E-state index contributed by atoms with van der Waals surface area (Å²) in [7, 11) is 2.16. The number of rotatable bonds is 0. The fourth-order valence-corrected chi connectivity index (χ4v) is 7.85. The molecule has 7 atom stereocenters. The molecule has 2 saturated heterocycles. The molecule has 0 amide bonds. The van der Waals surface area contributed by atoms with Crippen LogP contribution in [0, 0.1) is 16.7 Å². The van der Waals surface area contributed by atoms with E-state index >= 15 is 0 Å². The average Bonchev–Trinajstić information content (AvgIpc) is 2.95. The van der Waals surface area contributed by atoms with Gasteiger partial charge in [-0.1, -0.05) is 0 Å². The zero-order valence-electron chi connectivity index (χ0n) is 12.6. The van der Waals surface area contributed by atoms with E-state index in [0.717, 1.165) is 32.2 Å². The Morgan fingerprint density at radius 2 is 1.95 bits per heavy atom. The van der Waals surface area contributed by atoms with E-state index in [0.29, 0.717) is 6.42 Å². The molecule has 2 spiro atoms. The summed E-state index contributed by atoms with van der Waals surface area (Å²) < 4.78 is 5.82. The van der Waals surface area contributed by atoms with Crippen molar-refractivity contribution in [3.63, 3.8) is 0 Å². The highest BCUT2D eigenvalue weighted by molar-refractivity contribution is 5.88. The van der Waals surface area contributed by atoms with Crippen molar-refractivity contribution in [3.05, 3.63) is 0 Å². The minimum Gasteiger partial charge on any atom is -0.387 e. The van der Waals surface area contributed by atoms with Crippen LogP contribution in [0.1, 0.15) is 39.0 Å². The van der Waals surface area contributed by atoms with Crippen molar-refractivity contribution in [2.45, 2.75) is 62.6 Å². The number of aliphatic hydroxyl groups is 2. The van der Waals surface area contributed by atoms with Gasteiger partial charge < -0.3 is 19.8 Å². The highest BCUT2D eigenvalue weighted by Crippen LogP contribution is 2.87. The van der Waals surface area contributed by atoms with E-state index < -0.39 is 23.4 Å². The molecule has 2 heterocycles. The lowest BCUT2D eigenvalue weighted by atomic mass is 9.31. The third kappa shape index (κ3) is 0.879. The third-order valence-electron chi connectivity index (χ3n) is 8.31. The first-order chi connectivity index (χ1) is 9.87. The number of fused-ring (bicyclic) bond motifs is 1. The molecular formula is C16H23NO4. The molecule has 0 aromatic heterocycles. The number of Topliss-reactive ketones (excluding diaryl/α,β-unsaturated/α-hetero) is 1. The minimum absolute atomic E-state index is 0.0273. The molecule has 2 N–H and O–H groups in total. The predicted molar refractivity (Wildman–Crippen MR) is 73.3 cm³/mol. The first-order valence-electron chi connectivity index (χ1n) is 8.15. The molecule has 116 valence electrons. The van der Waals surface area contributed by atoms with Gasteiger partial charge in [0.1, 0.15) is 11.9 Å². The predicted octanol–water partition coefficient (Wildman–Crippen LogP) is 0.288. The molecule has 2 aliphatic heterocycles. The van der Waals surface area contributed by atoms with Crippen molar-refractivity contribution in [2.24, 2.45) is 16.7 Å². The number of aliphatic hydroxyl groups excluding tert-OH is 2. The van der Waals surface area contributed by atoms with Gasteiger partial charge >= 0.3 is 0 Å². The van der Waals surface area contributed by atoms with Crippen LogP contribution in [0.2, 0.25) is 0 Å². The summed E-state index contributed by atoms with van der Waals surface area (Å²) in [5.41, 5.74) is -1.28. The molecule has 3 saturated carbocycles. The first-order valence-corrected chi connectivity index (χ1v) is 8.15. The van der Waals surface area contributed by atoms with Gasteiger partial charge in [0.2, 0.25) is 0 Å². The van der Waals surface area contributed by atoms with Crippen molar-refractivity contribution in [2.75, 3.05) is 13.6 Å². The standard InChI is InChI=1S/C16H23NO4/c1-13-10-9(18)3-4-14-5-6-16(13,11(19)12(20)21-13)15(10,14)7-8-17(14)2/h10-12,19-20H,3-8H2,1-2H3/t10-,11+,12?,13+,14-,15+,16+/m0/s1. The topological polar surface area (TPSA) is 70.0 Å². The van der Waals surface area contributed by atoms with E-state index in [-0.39, 0.29) is 22.7 Å². The number of ether oxygens (including phenoxy) is 1. The van der Waals surface area contributed by atoms with Gasteiger partial charge in [0.05, 0.1) is 11.5 Å². The van der Waals surface area contributed by atoms with Crippen LogP contribution in [0.15, 0.2) is 0 Å². The highest BCUT2D eigenvalue weighted by Gasteiger charge is 2.94. The normalized spacial score (nSPS) is 65.0. The molecule has 5 rings (SSSR count). The van der Waals surface area contributed by atoms with Crippen molar-refractivity contribution >= 4 is 5.78 Å². The molecule has 0 aromatic rings. The Balaban J connectivity index is 1.80. The Kier molecular flexibility index (Phi) is 2.00. The van der Waals surface area contributed by atoms with Gasteiger partial charge in [-0.25, -0.2) is 0 Å². The Hall–Kier alpha value is -0.490. The van der Waals surface area contributed by atoms with Crippen molar-refractivity contribution in [3.8, 4) is 0 Å². The first kappa shape index (κ1) is 13.0. The van der Waals surface area contributed by atoms with Crippen molar-refractivity contribution in [1.82, 2.24) is 4.90 Å². The highest BCUT2D eigenvalue weighted by atomic mass is 16.6. The molecule has 5 heteroatoms. The molecule has 0 radical (unpaired) electrons. The van der Waals surface area contributed by atoms with E-state index in [1.54, 1.807) is 0 Å². The Labute approximate surface area is 124 Å². The number of hydrogen-bond donors (Lipinski definition) is 2. The zero-order valence-corrected chi connectivity index (χ0v) is 12.6. The van der Waals surface area contributed by atoms with E-state index in [2.05, 4.69) is 11.9 Å². The van der Waals surface area contributed by atoms with Crippen LogP contribution in [0.25, 0.3) is 0 Å². The maximum Gasteiger partial charge on any atom is 0.182 e. The van der Waals surface area contributed by atoms with E-state index in [4.69, 9.17) is 4.74 Å². The molecule has 5 fully saturated rings. The summed E-state index contributed by atoms with van der Waals surface area (Å²) in [5.74, 6) is 0.125. The molecule has 0 aromatic carbocycles. The largest absolute Gasteiger partial charge is 0.387 e.